The molecular formula is C12H10N4. The third kappa shape index (κ3) is 1.29. The van der Waals surface area contributed by atoms with E-state index < -0.39 is 0 Å². The second kappa shape index (κ2) is 3.46. The summed E-state index contributed by atoms with van der Waals surface area (Å²) in [5.41, 5.74) is 3.60. The first kappa shape index (κ1) is 9.10. The Kier molecular flexibility index (Phi) is 1.97. The molecule has 78 valence electrons. The molecule has 0 bridgehead atoms. The van der Waals surface area contributed by atoms with E-state index in [4.69, 9.17) is 5.26 Å². The van der Waals surface area contributed by atoms with Crippen LogP contribution in [0.5, 0.6) is 0 Å². The minimum atomic E-state index is 0.520. The van der Waals surface area contributed by atoms with E-state index in [-0.39, 0.29) is 0 Å². The van der Waals surface area contributed by atoms with E-state index in [0.29, 0.717) is 11.2 Å². The summed E-state index contributed by atoms with van der Waals surface area (Å²) < 4.78 is 1.67. The van der Waals surface area contributed by atoms with E-state index in [2.05, 4.69) is 22.2 Å². The molecule has 0 saturated carbocycles. The second-order valence-electron chi connectivity index (χ2n) is 3.90. The number of nitriles is 1. The maximum atomic E-state index is 8.85. The fourth-order valence-electron chi connectivity index (χ4n) is 2.05. The molecule has 0 fully saturated rings. The van der Waals surface area contributed by atoms with E-state index in [9.17, 15) is 0 Å². The monoisotopic (exact) mass is 210 g/mol. The molecule has 4 nitrogen and oxygen atoms in total. The fourth-order valence-corrected chi connectivity index (χ4v) is 2.05. The molecule has 0 N–H and O–H groups in total. The maximum absolute atomic E-state index is 8.85. The number of hydrogen-bond acceptors (Lipinski definition) is 3. The van der Waals surface area contributed by atoms with Gasteiger partial charge in [0, 0.05) is 18.0 Å². The zero-order chi connectivity index (χ0) is 11.0. The van der Waals surface area contributed by atoms with Crippen LogP contribution in [0.3, 0.4) is 0 Å². The molecule has 4 heteroatoms. The van der Waals surface area contributed by atoms with Crippen molar-refractivity contribution in [3.63, 3.8) is 0 Å². The van der Waals surface area contributed by atoms with Gasteiger partial charge in [-0.05, 0) is 24.8 Å². The third-order valence-corrected chi connectivity index (χ3v) is 2.89. The van der Waals surface area contributed by atoms with E-state index in [1.165, 1.54) is 12.0 Å². The van der Waals surface area contributed by atoms with E-state index in [1.54, 1.807) is 10.7 Å². The van der Waals surface area contributed by atoms with Gasteiger partial charge in [-0.3, -0.25) is 0 Å². The second-order valence-corrected chi connectivity index (χ2v) is 3.90. The summed E-state index contributed by atoms with van der Waals surface area (Å²) in [5, 5.41) is 13.0. The first-order valence-corrected chi connectivity index (χ1v) is 5.31. The highest BCUT2D eigenvalue weighted by molar-refractivity contribution is 5.67. The largest absolute Gasteiger partial charge is 0.235 e. The molecule has 0 spiro atoms. The molecule has 0 saturated heterocycles. The number of allylic oxidation sites excluding steroid dienone is 2. The van der Waals surface area contributed by atoms with Gasteiger partial charge >= 0.3 is 0 Å². The van der Waals surface area contributed by atoms with Gasteiger partial charge in [-0.25, -0.2) is 9.50 Å². The highest BCUT2D eigenvalue weighted by Crippen LogP contribution is 2.27. The van der Waals surface area contributed by atoms with Crippen LogP contribution in [-0.2, 0) is 0 Å². The summed E-state index contributed by atoms with van der Waals surface area (Å²) in [5.74, 6) is 0. The number of nitrogens with zero attached hydrogens (tertiary/aromatic N) is 4. The number of fused-ring (bicyclic) bond motifs is 1. The van der Waals surface area contributed by atoms with E-state index in [1.807, 2.05) is 12.4 Å². The molecule has 2 aromatic rings. The van der Waals surface area contributed by atoms with Crippen molar-refractivity contribution in [3.05, 3.63) is 35.8 Å². The van der Waals surface area contributed by atoms with Gasteiger partial charge in [0.1, 0.15) is 11.6 Å². The lowest BCUT2D eigenvalue weighted by Gasteiger charge is -2.01. The van der Waals surface area contributed by atoms with E-state index >= 15 is 0 Å². The lowest BCUT2D eigenvalue weighted by Crippen LogP contribution is -1.93. The molecule has 2 heterocycles. The van der Waals surface area contributed by atoms with Crippen LogP contribution in [-0.4, -0.2) is 14.6 Å². The minimum absolute atomic E-state index is 0.520. The maximum Gasteiger partial charge on any atom is 0.172 e. The van der Waals surface area contributed by atoms with Crippen LogP contribution in [0.4, 0.5) is 0 Å². The van der Waals surface area contributed by atoms with Crippen LogP contribution in [0.25, 0.3) is 11.2 Å². The van der Waals surface area contributed by atoms with Crippen LogP contribution in [0.15, 0.2) is 24.7 Å². The molecule has 0 amide bonds. The Hall–Kier alpha value is -2.15. The van der Waals surface area contributed by atoms with Crippen LogP contribution >= 0.6 is 0 Å². The predicted octanol–water partition coefficient (Wildman–Crippen LogP) is 2.17. The van der Waals surface area contributed by atoms with Crippen molar-refractivity contribution in [2.45, 2.75) is 19.3 Å². The number of aromatic nitrogens is 3. The molecule has 16 heavy (non-hydrogen) atoms. The fraction of sp³-hybridized carbons (Fsp3) is 0.250. The van der Waals surface area contributed by atoms with Crippen LogP contribution < -0.4 is 0 Å². The summed E-state index contributed by atoms with van der Waals surface area (Å²) in [6.07, 6.45) is 11.0. The first-order chi connectivity index (χ1) is 7.88. The summed E-state index contributed by atoms with van der Waals surface area (Å²) in [4.78, 5) is 4.29. The molecule has 0 aliphatic heterocycles. The van der Waals surface area contributed by atoms with Crippen molar-refractivity contribution in [2.24, 2.45) is 0 Å². The molecule has 3 rings (SSSR count). The minimum Gasteiger partial charge on any atom is -0.235 e. The van der Waals surface area contributed by atoms with Gasteiger partial charge in [-0.15, -0.1) is 0 Å². The summed E-state index contributed by atoms with van der Waals surface area (Å²) >= 11 is 0. The zero-order valence-electron chi connectivity index (χ0n) is 8.72. The summed E-state index contributed by atoms with van der Waals surface area (Å²) in [6, 6.07) is 2.08. The Labute approximate surface area is 92.8 Å². The molecule has 1 aliphatic rings. The summed E-state index contributed by atoms with van der Waals surface area (Å²) in [6.45, 7) is 0. The van der Waals surface area contributed by atoms with Crippen molar-refractivity contribution in [1.82, 2.24) is 14.6 Å². The van der Waals surface area contributed by atoms with Crippen LogP contribution in [0.2, 0.25) is 0 Å². The predicted molar refractivity (Wildman–Crippen MR) is 59.5 cm³/mol. The van der Waals surface area contributed by atoms with Crippen LogP contribution in [0.1, 0.15) is 30.4 Å². The normalized spacial score (nSPS) is 15.1. The molecule has 2 aromatic heterocycles. The Balaban J connectivity index is 2.14. The highest BCUT2D eigenvalue weighted by atomic mass is 15.2. The Bertz CT molecular complexity index is 615. The lowest BCUT2D eigenvalue weighted by molar-refractivity contribution is 0.919. The van der Waals surface area contributed by atoms with Gasteiger partial charge in [0.2, 0.25) is 0 Å². The molecule has 0 unspecified atom stereocenters. The smallest absolute Gasteiger partial charge is 0.172 e. The van der Waals surface area contributed by atoms with Gasteiger partial charge in [-0.2, -0.15) is 10.4 Å². The van der Waals surface area contributed by atoms with Gasteiger partial charge in [0.05, 0.1) is 6.20 Å². The SMILES string of the molecule is N#Cc1cnn2cc(C3=CCCC3)cnc12. The number of rotatable bonds is 1. The van der Waals surface area contributed by atoms with Gasteiger partial charge in [0.15, 0.2) is 5.65 Å². The number of hydrogen-bond donors (Lipinski definition) is 0. The van der Waals surface area contributed by atoms with Crippen molar-refractivity contribution < 1.29 is 0 Å². The summed E-state index contributed by atoms with van der Waals surface area (Å²) in [7, 11) is 0. The Morgan fingerprint density at radius 3 is 3.06 bits per heavy atom. The Morgan fingerprint density at radius 2 is 2.31 bits per heavy atom. The lowest BCUT2D eigenvalue weighted by atomic mass is 10.1. The van der Waals surface area contributed by atoms with Crippen LogP contribution in [0, 0.1) is 11.3 Å². The van der Waals surface area contributed by atoms with Crippen molar-refractivity contribution in [1.29, 1.82) is 5.26 Å². The first-order valence-electron chi connectivity index (χ1n) is 5.31. The Morgan fingerprint density at radius 1 is 1.38 bits per heavy atom. The molecular weight excluding hydrogens is 200 g/mol. The van der Waals surface area contributed by atoms with E-state index in [0.717, 1.165) is 18.4 Å². The molecule has 0 atom stereocenters. The third-order valence-electron chi connectivity index (χ3n) is 2.89. The molecule has 1 aliphatic carbocycles. The standard InChI is InChI=1S/C12H10N4/c13-5-10-7-15-16-8-11(6-14-12(10)16)9-3-1-2-4-9/h3,6-8H,1-2,4H2. The average molecular weight is 210 g/mol. The quantitative estimate of drug-likeness (QED) is 0.724. The molecule has 0 aromatic carbocycles. The molecule has 0 radical (unpaired) electrons. The average Bonchev–Trinajstić information content (AvgIpc) is 2.97. The van der Waals surface area contributed by atoms with Crippen molar-refractivity contribution >= 4 is 11.2 Å². The zero-order valence-corrected chi connectivity index (χ0v) is 8.72. The topological polar surface area (TPSA) is 54.0 Å². The van der Waals surface area contributed by atoms with Gasteiger partial charge < -0.3 is 0 Å². The highest BCUT2D eigenvalue weighted by Gasteiger charge is 2.10. The van der Waals surface area contributed by atoms with Crippen molar-refractivity contribution in [2.75, 3.05) is 0 Å². The van der Waals surface area contributed by atoms with Gasteiger partial charge in [0.25, 0.3) is 0 Å². The van der Waals surface area contributed by atoms with Crippen molar-refractivity contribution in [3.8, 4) is 6.07 Å². The van der Waals surface area contributed by atoms with Gasteiger partial charge in [-0.1, -0.05) is 6.08 Å².